The number of carboxylic acid groups (broad SMARTS) is 1. The first-order chi connectivity index (χ1) is 25.7. The highest BCUT2D eigenvalue weighted by molar-refractivity contribution is 7.22. The minimum Gasteiger partial charge on any atom is -0.465 e. The zero-order chi connectivity index (χ0) is 38.2. The van der Waals surface area contributed by atoms with Gasteiger partial charge in [0.2, 0.25) is 0 Å². The molecular formula is C36H41F3N8O6S. The third-order valence-corrected chi connectivity index (χ3v) is 11.9. The topological polar surface area (TPSA) is 155 Å². The number of rotatable bonds is 8. The molecule has 4 fully saturated rings. The molecule has 2 N–H and O–H groups in total. The number of ether oxygens (including phenoxy) is 3. The molecule has 288 valence electrons. The van der Waals surface area contributed by atoms with E-state index in [4.69, 9.17) is 19.2 Å². The van der Waals surface area contributed by atoms with Gasteiger partial charge in [0.1, 0.15) is 41.2 Å². The molecule has 14 nitrogen and oxygen atoms in total. The first kappa shape index (κ1) is 36.4. The molecule has 2 amide bonds. The molecule has 0 spiro atoms. The molecule has 4 atom stereocenters. The van der Waals surface area contributed by atoms with Gasteiger partial charge in [0.05, 0.1) is 39.3 Å². The minimum absolute atomic E-state index is 0.0509. The maximum absolute atomic E-state index is 17.1. The Balaban J connectivity index is 1.22. The number of nitrogens with zero attached hydrogens (tertiary/aromatic N) is 7. The van der Waals surface area contributed by atoms with Gasteiger partial charge < -0.3 is 24.2 Å². The van der Waals surface area contributed by atoms with Crippen LogP contribution in [0, 0.1) is 11.6 Å². The Labute approximate surface area is 312 Å². The number of benzene rings is 1. The summed E-state index contributed by atoms with van der Waals surface area (Å²) in [7, 11) is 1.52. The summed E-state index contributed by atoms with van der Waals surface area (Å²) >= 11 is 0.871. The van der Waals surface area contributed by atoms with Gasteiger partial charge in [-0.25, -0.2) is 27.7 Å². The fraction of sp³-hybridized carbons (Fsp3) is 0.556. The average molecular weight is 771 g/mol. The third kappa shape index (κ3) is 6.30. The summed E-state index contributed by atoms with van der Waals surface area (Å²) in [6.45, 7) is 6.94. The van der Waals surface area contributed by atoms with Crippen LogP contribution in [-0.4, -0.2) is 122 Å². The number of alkyl halides is 1. The van der Waals surface area contributed by atoms with E-state index in [0.717, 1.165) is 30.7 Å². The maximum atomic E-state index is 17.1. The highest BCUT2D eigenvalue weighted by Crippen LogP contribution is 2.44. The molecule has 8 rings (SSSR count). The van der Waals surface area contributed by atoms with Crippen LogP contribution in [0.4, 0.5) is 33.7 Å². The Bertz CT molecular complexity index is 2150. The molecular weight excluding hydrogens is 730 g/mol. The van der Waals surface area contributed by atoms with E-state index in [1.165, 1.54) is 30.3 Å². The lowest BCUT2D eigenvalue weighted by atomic mass is 9.95. The number of amides is 2. The smallest absolute Gasteiger partial charge is 0.413 e. The molecule has 4 aliphatic rings. The second kappa shape index (κ2) is 13.3. The van der Waals surface area contributed by atoms with Gasteiger partial charge in [0.25, 0.3) is 0 Å². The lowest BCUT2D eigenvalue weighted by Crippen LogP contribution is -2.65. The number of methoxy groups -OCH3 is 1. The molecule has 0 radical (unpaired) electrons. The van der Waals surface area contributed by atoms with E-state index in [9.17, 15) is 19.1 Å². The van der Waals surface area contributed by atoms with Crippen LogP contribution in [0.3, 0.4) is 0 Å². The molecule has 4 aromatic rings. The first-order valence-corrected chi connectivity index (χ1v) is 18.7. The number of aromatic nitrogens is 4. The quantitative estimate of drug-likeness (QED) is 0.209. The maximum Gasteiger partial charge on any atom is 0.413 e. The monoisotopic (exact) mass is 770 g/mol. The number of nitrogens with one attached hydrogen (secondary N) is 1. The summed E-state index contributed by atoms with van der Waals surface area (Å²) in [5.74, 6) is -1.15. The van der Waals surface area contributed by atoms with E-state index < -0.39 is 46.7 Å². The SMILES string of the molecule is COCC12CCC(CN(c3nc(OC[C@@]45CCCN4C[C@H](F)C5)nc4c(F)c(-c5ccc(F)c6sc(NC(=O)OC(C)(C)C)nc56)ncc34)C1)N2C(=O)O. The lowest BCUT2D eigenvalue weighted by molar-refractivity contribution is 0.0178. The van der Waals surface area contributed by atoms with Crippen molar-refractivity contribution in [3.8, 4) is 17.3 Å². The molecule has 4 aliphatic heterocycles. The Morgan fingerprint density at radius 1 is 1.09 bits per heavy atom. The molecule has 7 heterocycles. The largest absolute Gasteiger partial charge is 0.465 e. The molecule has 0 saturated carbocycles. The number of anilines is 2. The van der Waals surface area contributed by atoms with Crippen LogP contribution in [0.5, 0.6) is 6.01 Å². The van der Waals surface area contributed by atoms with Crippen molar-refractivity contribution < 1.29 is 42.1 Å². The van der Waals surface area contributed by atoms with Crippen LogP contribution in [0.2, 0.25) is 0 Å². The second-order valence-electron chi connectivity index (χ2n) is 15.7. The van der Waals surface area contributed by atoms with Crippen LogP contribution in [-0.2, 0) is 9.47 Å². The van der Waals surface area contributed by atoms with E-state index in [-0.39, 0.29) is 75.9 Å². The van der Waals surface area contributed by atoms with E-state index in [2.05, 4.69) is 25.2 Å². The fourth-order valence-corrected chi connectivity index (χ4v) is 9.71. The van der Waals surface area contributed by atoms with Crippen molar-refractivity contribution in [3.05, 3.63) is 30.0 Å². The first-order valence-electron chi connectivity index (χ1n) is 17.9. The highest BCUT2D eigenvalue weighted by Gasteiger charge is 2.54. The highest BCUT2D eigenvalue weighted by atomic mass is 32.1. The average Bonchev–Trinajstić information content (AvgIpc) is 3.83. The molecule has 1 aromatic carbocycles. The predicted octanol–water partition coefficient (Wildman–Crippen LogP) is 6.23. The molecule has 18 heteroatoms. The summed E-state index contributed by atoms with van der Waals surface area (Å²) in [4.78, 5) is 48.6. The number of thiazole rings is 1. The van der Waals surface area contributed by atoms with Crippen molar-refractivity contribution in [2.45, 2.75) is 81.8 Å². The zero-order valence-corrected chi connectivity index (χ0v) is 31.1. The van der Waals surface area contributed by atoms with E-state index in [0.29, 0.717) is 31.6 Å². The Morgan fingerprint density at radius 3 is 2.67 bits per heavy atom. The molecule has 2 unspecified atom stereocenters. The fourth-order valence-electron chi connectivity index (χ4n) is 8.82. The van der Waals surface area contributed by atoms with Crippen LogP contribution >= 0.6 is 11.3 Å². The third-order valence-electron chi connectivity index (χ3n) is 10.9. The Kier molecular flexibility index (Phi) is 8.99. The van der Waals surface area contributed by atoms with Crippen molar-refractivity contribution in [2.24, 2.45) is 0 Å². The Morgan fingerprint density at radius 2 is 1.91 bits per heavy atom. The molecule has 0 aliphatic carbocycles. The number of carbonyl (C=O) groups excluding carboxylic acids is 1. The van der Waals surface area contributed by atoms with Crippen LogP contribution in [0.25, 0.3) is 32.4 Å². The van der Waals surface area contributed by atoms with E-state index >= 15 is 8.78 Å². The molecule has 54 heavy (non-hydrogen) atoms. The van der Waals surface area contributed by atoms with Gasteiger partial charge in [-0.3, -0.25) is 20.1 Å². The van der Waals surface area contributed by atoms with Crippen molar-refractivity contribution >= 4 is 55.6 Å². The van der Waals surface area contributed by atoms with Gasteiger partial charge in [-0.15, -0.1) is 0 Å². The van der Waals surface area contributed by atoms with Gasteiger partial charge in [0.15, 0.2) is 10.9 Å². The predicted molar refractivity (Wildman–Crippen MR) is 194 cm³/mol. The number of fused-ring (bicyclic) bond motifs is 5. The normalized spacial score (nSPS) is 25.5. The van der Waals surface area contributed by atoms with Crippen molar-refractivity contribution in [2.75, 3.05) is 56.7 Å². The van der Waals surface area contributed by atoms with Crippen molar-refractivity contribution in [1.82, 2.24) is 29.7 Å². The molecule has 2 bridgehead atoms. The summed E-state index contributed by atoms with van der Waals surface area (Å²) in [5, 5.41) is 13.0. The van der Waals surface area contributed by atoms with Gasteiger partial charge in [-0.05, 0) is 65.1 Å². The number of piperazine rings is 1. The summed E-state index contributed by atoms with van der Waals surface area (Å²) in [5.41, 5.74) is -2.22. The van der Waals surface area contributed by atoms with Gasteiger partial charge in [-0.2, -0.15) is 9.97 Å². The molecule has 4 saturated heterocycles. The van der Waals surface area contributed by atoms with Crippen LogP contribution in [0.1, 0.15) is 52.9 Å². The van der Waals surface area contributed by atoms with Gasteiger partial charge >= 0.3 is 18.2 Å². The van der Waals surface area contributed by atoms with Crippen molar-refractivity contribution in [1.29, 1.82) is 0 Å². The summed E-state index contributed by atoms with van der Waals surface area (Å²) in [6, 6.07) is 2.05. The minimum atomic E-state index is -1.04. The number of carbonyl (C=O) groups is 2. The van der Waals surface area contributed by atoms with E-state index in [1.54, 1.807) is 20.8 Å². The summed E-state index contributed by atoms with van der Waals surface area (Å²) < 4.78 is 64.0. The van der Waals surface area contributed by atoms with Crippen LogP contribution < -0.4 is 15.0 Å². The van der Waals surface area contributed by atoms with Crippen molar-refractivity contribution in [3.63, 3.8) is 0 Å². The van der Waals surface area contributed by atoms with E-state index in [1.807, 2.05) is 4.90 Å². The Hall–Kier alpha value is -4.55. The molecule has 3 aromatic heterocycles. The van der Waals surface area contributed by atoms with Crippen LogP contribution in [0.15, 0.2) is 18.3 Å². The zero-order valence-electron chi connectivity index (χ0n) is 30.3. The standard InChI is InChI=1S/C36H41F3N8O6S/c1-34(2,3)53-32(48)44-31-42-27-21(6-7-23(38)28(27)54-31)25-24(39)26-22(13-40-25)29(45-15-20-8-10-36(16-45,17-51-4)47(20)33(49)50)43-30(41-26)52-18-35-9-5-11-46(35)14-19(37)12-35/h6-7,13,19-20H,5,8-12,14-18H2,1-4H3,(H,49,50)(H,42,44,48)/t19-,20?,35+,36?/m1/s1. The number of hydrogen-bond donors (Lipinski definition) is 2. The number of hydrogen-bond acceptors (Lipinski definition) is 12. The lowest BCUT2D eigenvalue weighted by Gasteiger charge is -2.47. The summed E-state index contributed by atoms with van der Waals surface area (Å²) in [6.07, 6.45) is 1.77. The number of pyridine rings is 1. The number of halogens is 3. The van der Waals surface area contributed by atoms with Gasteiger partial charge in [0, 0.05) is 44.9 Å². The second-order valence-corrected chi connectivity index (χ2v) is 16.7. The van der Waals surface area contributed by atoms with Gasteiger partial charge in [-0.1, -0.05) is 11.3 Å².